The molecule has 0 aromatic carbocycles. The van der Waals surface area contributed by atoms with E-state index in [1.807, 2.05) is 0 Å². The number of urea groups is 1. The van der Waals surface area contributed by atoms with E-state index in [2.05, 4.69) is 15.4 Å². The number of carboxylic acids is 1. The molecule has 20 heavy (non-hydrogen) atoms. The van der Waals surface area contributed by atoms with Gasteiger partial charge in [0.2, 0.25) is 10.0 Å². The monoisotopic (exact) mass is 309 g/mol. The highest BCUT2D eigenvalue weighted by Crippen LogP contribution is 2.02. The second kappa shape index (κ2) is 7.44. The van der Waals surface area contributed by atoms with Gasteiger partial charge in [0.05, 0.1) is 12.2 Å². The molecule has 0 aromatic heterocycles. The van der Waals surface area contributed by atoms with E-state index < -0.39 is 33.5 Å². The molecule has 9 heteroatoms. The van der Waals surface area contributed by atoms with Gasteiger partial charge >= 0.3 is 12.0 Å². The Balaban J connectivity index is 4.20. The lowest BCUT2D eigenvalue weighted by atomic mass is 10.1. The van der Waals surface area contributed by atoms with Crippen LogP contribution in [-0.4, -0.2) is 50.4 Å². The van der Waals surface area contributed by atoms with Crippen molar-refractivity contribution in [2.45, 2.75) is 32.7 Å². The van der Waals surface area contributed by atoms with Crippen LogP contribution in [-0.2, 0) is 14.8 Å². The van der Waals surface area contributed by atoms with E-state index in [1.165, 1.54) is 0 Å². The molecule has 0 saturated carbocycles. The molecule has 0 rings (SSSR count). The number of carboxylic acid groups (broad SMARTS) is 1. The molecule has 1 unspecified atom stereocenters. The Morgan fingerprint density at radius 2 is 1.80 bits per heavy atom. The summed E-state index contributed by atoms with van der Waals surface area (Å²) in [5, 5.41) is 13.8. The highest BCUT2D eigenvalue weighted by molar-refractivity contribution is 7.88. The molecule has 8 nitrogen and oxygen atoms in total. The van der Waals surface area contributed by atoms with Crippen LogP contribution in [0.3, 0.4) is 0 Å². The van der Waals surface area contributed by atoms with Gasteiger partial charge in [-0.3, -0.25) is 4.79 Å². The summed E-state index contributed by atoms with van der Waals surface area (Å²) >= 11 is 0. The fraction of sp³-hybridized carbons (Fsp3) is 0.818. The van der Waals surface area contributed by atoms with Crippen molar-refractivity contribution >= 4 is 22.0 Å². The Bertz CT molecular complexity index is 447. The molecule has 0 saturated heterocycles. The Morgan fingerprint density at radius 3 is 2.20 bits per heavy atom. The standard InChI is InChI=1S/C11H23N3O5S/c1-5-8(9(15)16)6-12-10(17)13-7-11(2,3)14-20(4,18)19/h8,14H,5-7H2,1-4H3,(H,15,16)(H2,12,13,17). The topological polar surface area (TPSA) is 125 Å². The van der Waals surface area contributed by atoms with Gasteiger partial charge in [0.25, 0.3) is 0 Å². The first kappa shape index (κ1) is 18.7. The first-order valence-electron chi connectivity index (χ1n) is 6.20. The molecule has 0 spiro atoms. The van der Waals surface area contributed by atoms with Gasteiger partial charge in [-0.1, -0.05) is 6.92 Å². The molecule has 0 aliphatic heterocycles. The molecule has 0 bridgehead atoms. The summed E-state index contributed by atoms with van der Waals surface area (Å²) in [6, 6.07) is -0.534. The number of aliphatic carboxylic acids is 1. The van der Waals surface area contributed by atoms with Crippen molar-refractivity contribution in [3.8, 4) is 0 Å². The summed E-state index contributed by atoms with van der Waals surface area (Å²) < 4.78 is 24.6. The smallest absolute Gasteiger partial charge is 0.314 e. The third-order valence-corrected chi connectivity index (χ3v) is 3.43. The zero-order chi connectivity index (χ0) is 16.0. The lowest BCUT2D eigenvalue weighted by Gasteiger charge is -2.25. The lowest BCUT2D eigenvalue weighted by Crippen LogP contribution is -2.53. The highest BCUT2D eigenvalue weighted by atomic mass is 32.2. The molecule has 0 radical (unpaired) electrons. The molecule has 0 heterocycles. The lowest BCUT2D eigenvalue weighted by molar-refractivity contribution is -0.141. The van der Waals surface area contributed by atoms with E-state index in [1.54, 1.807) is 20.8 Å². The van der Waals surface area contributed by atoms with Gasteiger partial charge in [0.1, 0.15) is 0 Å². The normalized spacial score (nSPS) is 13.6. The molecule has 0 aliphatic carbocycles. The van der Waals surface area contributed by atoms with Crippen molar-refractivity contribution in [1.29, 1.82) is 0 Å². The Hall–Kier alpha value is -1.35. The number of hydrogen-bond acceptors (Lipinski definition) is 4. The van der Waals surface area contributed by atoms with Crippen molar-refractivity contribution in [2.24, 2.45) is 5.92 Å². The third-order valence-electron chi connectivity index (χ3n) is 2.50. The first-order valence-corrected chi connectivity index (χ1v) is 8.09. The van der Waals surface area contributed by atoms with Crippen LogP contribution >= 0.6 is 0 Å². The summed E-state index contributed by atoms with van der Waals surface area (Å²) in [6.45, 7) is 5.08. The summed E-state index contributed by atoms with van der Waals surface area (Å²) in [6.07, 6.45) is 1.45. The maximum absolute atomic E-state index is 11.5. The number of sulfonamides is 1. The van der Waals surface area contributed by atoms with Crippen LogP contribution in [0.1, 0.15) is 27.2 Å². The predicted molar refractivity (Wildman–Crippen MR) is 74.9 cm³/mol. The fourth-order valence-electron chi connectivity index (χ4n) is 1.52. The van der Waals surface area contributed by atoms with Crippen LogP contribution in [0, 0.1) is 5.92 Å². The summed E-state index contributed by atoms with van der Waals surface area (Å²) in [4.78, 5) is 22.3. The predicted octanol–water partition coefficient (Wildman–Crippen LogP) is -0.276. The SMILES string of the molecule is CCC(CNC(=O)NCC(C)(C)NS(C)(=O)=O)C(=O)O. The molecule has 1 atom stereocenters. The molecular formula is C11H23N3O5S. The zero-order valence-corrected chi connectivity index (χ0v) is 13.0. The fourth-order valence-corrected chi connectivity index (χ4v) is 2.60. The number of hydrogen-bond donors (Lipinski definition) is 4. The van der Waals surface area contributed by atoms with Crippen LogP contribution in [0.2, 0.25) is 0 Å². The molecular weight excluding hydrogens is 286 g/mol. The number of amides is 2. The number of carbonyl (C=O) groups is 2. The van der Waals surface area contributed by atoms with Gasteiger partial charge in [0, 0.05) is 18.6 Å². The molecule has 2 amide bonds. The summed E-state index contributed by atoms with van der Waals surface area (Å²) in [7, 11) is -3.37. The Kier molecular flexibility index (Phi) is 6.94. The minimum Gasteiger partial charge on any atom is -0.481 e. The molecule has 0 aliphatic rings. The maximum Gasteiger partial charge on any atom is 0.314 e. The van der Waals surface area contributed by atoms with Gasteiger partial charge in [0.15, 0.2) is 0 Å². The minimum atomic E-state index is -3.37. The van der Waals surface area contributed by atoms with Gasteiger partial charge in [-0.05, 0) is 20.3 Å². The van der Waals surface area contributed by atoms with Crippen LogP contribution < -0.4 is 15.4 Å². The van der Waals surface area contributed by atoms with Crippen LogP contribution in [0.15, 0.2) is 0 Å². The average molecular weight is 309 g/mol. The highest BCUT2D eigenvalue weighted by Gasteiger charge is 2.23. The second-order valence-electron chi connectivity index (χ2n) is 5.27. The molecule has 0 fully saturated rings. The molecule has 4 N–H and O–H groups in total. The van der Waals surface area contributed by atoms with E-state index in [0.29, 0.717) is 6.42 Å². The summed E-state index contributed by atoms with van der Waals surface area (Å²) in [5.41, 5.74) is -0.831. The zero-order valence-electron chi connectivity index (χ0n) is 12.2. The van der Waals surface area contributed by atoms with E-state index >= 15 is 0 Å². The third kappa shape index (κ3) is 8.70. The minimum absolute atomic E-state index is 0.0254. The van der Waals surface area contributed by atoms with Crippen LogP contribution in [0.5, 0.6) is 0 Å². The van der Waals surface area contributed by atoms with Crippen LogP contribution in [0.4, 0.5) is 4.79 Å². The van der Waals surface area contributed by atoms with E-state index in [4.69, 9.17) is 5.11 Å². The van der Waals surface area contributed by atoms with Crippen molar-refractivity contribution in [1.82, 2.24) is 15.4 Å². The van der Waals surface area contributed by atoms with E-state index in [0.717, 1.165) is 6.26 Å². The second-order valence-corrected chi connectivity index (χ2v) is 7.01. The van der Waals surface area contributed by atoms with E-state index in [-0.39, 0.29) is 13.1 Å². The molecule has 118 valence electrons. The van der Waals surface area contributed by atoms with Gasteiger partial charge in [-0.2, -0.15) is 0 Å². The first-order chi connectivity index (χ1) is 8.97. The Labute approximate surface area is 119 Å². The van der Waals surface area contributed by atoms with Crippen molar-refractivity contribution in [2.75, 3.05) is 19.3 Å². The average Bonchev–Trinajstić information content (AvgIpc) is 2.23. The van der Waals surface area contributed by atoms with Gasteiger partial charge < -0.3 is 15.7 Å². The van der Waals surface area contributed by atoms with Gasteiger partial charge in [-0.25, -0.2) is 17.9 Å². The summed E-state index contributed by atoms with van der Waals surface area (Å²) in [5.74, 6) is -1.60. The van der Waals surface area contributed by atoms with Gasteiger partial charge in [-0.15, -0.1) is 0 Å². The Morgan fingerprint density at radius 1 is 1.25 bits per heavy atom. The maximum atomic E-state index is 11.5. The quantitative estimate of drug-likeness (QED) is 0.491. The molecule has 0 aromatic rings. The number of rotatable bonds is 8. The number of nitrogens with one attached hydrogen (secondary N) is 3. The largest absolute Gasteiger partial charge is 0.481 e. The van der Waals surface area contributed by atoms with Crippen molar-refractivity contribution in [3.63, 3.8) is 0 Å². The van der Waals surface area contributed by atoms with Crippen molar-refractivity contribution in [3.05, 3.63) is 0 Å². The van der Waals surface area contributed by atoms with E-state index in [9.17, 15) is 18.0 Å². The van der Waals surface area contributed by atoms with Crippen LogP contribution in [0.25, 0.3) is 0 Å². The van der Waals surface area contributed by atoms with Crippen molar-refractivity contribution < 1.29 is 23.1 Å². The number of carbonyl (C=O) groups excluding carboxylic acids is 1.